The van der Waals surface area contributed by atoms with Gasteiger partial charge in [0.15, 0.2) is 0 Å². The van der Waals surface area contributed by atoms with E-state index >= 15 is 0 Å². The highest BCUT2D eigenvalue weighted by molar-refractivity contribution is 6.31. The van der Waals surface area contributed by atoms with E-state index in [1.165, 1.54) is 19.3 Å². The van der Waals surface area contributed by atoms with Crippen LogP contribution in [0.3, 0.4) is 0 Å². The van der Waals surface area contributed by atoms with Crippen LogP contribution in [0.25, 0.3) is 0 Å². The summed E-state index contributed by atoms with van der Waals surface area (Å²) in [6.07, 6.45) is 7.68. The molecular weight excluding hydrogens is 326 g/mol. The van der Waals surface area contributed by atoms with Crippen molar-refractivity contribution >= 4 is 17.5 Å². The normalized spacial score (nSPS) is 22.2. The molecule has 1 aliphatic carbocycles. The van der Waals surface area contributed by atoms with Gasteiger partial charge < -0.3 is 14.7 Å². The molecule has 1 N–H and O–H groups in total. The van der Waals surface area contributed by atoms with Gasteiger partial charge in [0.05, 0.1) is 6.61 Å². The number of hydrogen-bond acceptors (Lipinski definition) is 3. The van der Waals surface area contributed by atoms with E-state index < -0.39 is 0 Å². The van der Waals surface area contributed by atoms with Gasteiger partial charge in [-0.2, -0.15) is 0 Å². The van der Waals surface area contributed by atoms with Crippen LogP contribution in [0.15, 0.2) is 18.2 Å². The number of amides is 1. The molecule has 2 fully saturated rings. The average molecular weight is 352 g/mol. The van der Waals surface area contributed by atoms with Crippen molar-refractivity contribution in [3.8, 4) is 5.75 Å². The molecule has 1 aromatic rings. The number of carbonyl (C=O) groups is 1. The number of ether oxygens (including phenoxy) is 1. The fraction of sp³-hybridized carbons (Fsp3) is 0.632. The van der Waals surface area contributed by atoms with Crippen molar-refractivity contribution in [2.45, 2.75) is 51.0 Å². The van der Waals surface area contributed by atoms with Gasteiger partial charge in [-0.05, 0) is 49.4 Å². The van der Waals surface area contributed by atoms with Crippen molar-refractivity contribution in [1.82, 2.24) is 4.90 Å². The number of likely N-dealkylation sites (tertiary alicyclic amines) is 1. The lowest BCUT2D eigenvalue weighted by Crippen LogP contribution is -2.39. The minimum absolute atomic E-state index is 0.0184. The third-order valence-corrected chi connectivity index (χ3v) is 5.58. The first-order valence-electron chi connectivity index (χ1n) is 9.01. The molecule has 5 heteroatoms. The summed E-state index contributed by atoms with van der Waals surface area (Å²) in [7, 11) is 0. The molecule has 132 valence electrons. The lowest BCUT2D eigenvalue weighted by Gasteiger charge is -2.31. The van der Waals surface area contributed by atoms with Crippen LogP contribution in [0.2, 0.25) is 5.02 Å². The van der Waals surface area contributed by atoms with E-state index in [0.717, 1.165) is 31.4 Å². The van der Waals surface area contributed by atoms with Crippen LogP contribution in [0.1, 0.15) is 44.1 Å². The number of rotatable bonds is 6. The predicted octanol–water partition coefficient (Wildman–Crippen LogP) is 3.43. The number of carbonyl (C=O) groups excluding carboxylic acids is 1. The van der Waals surface area contributed by atoms with Gasteiger partial charge in [0.25, 0.3) is 0 Å². The lowest BCUT2D eigenvalue weighted by atomic mass is 9.94. The molecule has 1 saturated heterocycles. The van der Waals surface area contributed by atoms with Crippen molar-refractivity contribution in [2.24, 2.45) is 5.92 Å². The van der Waals surface area contributed by atoms with Crippen LogP contribution in [-0.4, -0.2) is 41.7 Å². The minimum Gasteiger partial charge on any atom is -0.491 e. The van der Waals surface area contributed by atoms with Gasteiger partial charge in [0.1, 0.15) is 12.4 Å². The van der Waals surface area contributed by atoms with Gasteiger partial charge in [-0.1, -0.05) is 30.9 Å². The van der Waals surface area contributed by atoms with Crippen molar-refractivity contribution < 1.29 is 14.6 Å². The Morgan fingerprint density at radius 2 is 2.00 bits per heavy atom. The van der Waals surface area contributed by atoms with Crippen LogP contribution in [0.4, 0.5) is 0 Å². The van der Waals surface area contributed by atoms with E-state index in [0.29, 0.717) is 29.1 Å². The zero-order valence-corrected chi connectivity index (χ0v) is 14.8. The van der Waals surface area contributed by atoms with E-state index in [2.05, 4.69) is 4.90 Å². The molecule has 2 aliphatic rings. The maximum absolute atomic E-state index is 12.8. The van der Waals surface area contributed by atoms with E-state index in [-0.39, 0.29) is 19.1 Å². The lowest BCUT2D eigenvalue weighted by molar-refractivity contribution is -0.133. The summed E-state index contributed by atoms with van der Waals surface area (Å²) in [5.74, 6) is 1.01. The Balaban J connectivity index is 1.64. The number of nitrogens with zero attached hydrogens (tertiary/aromatic N) is 1. The van der Waals surface area contributed by atoms with Crippen molar-refractivity contribution in [2.75, 3.05) is 19.8 Å². The number of halogens is 1. The van der Waals surface area contributed by atoms with Crippen molar-refractivity contribution in [1.29, 1.82) is 0 Å². The largest absolute Gasteiger partial charge is 0.491 e. The molecule has 1 heterocycles. The van der Waals surface area contributed by atoms with Crippen LogP contribution in [-0.2, 0) is 11.2 Å². The topological polar surface area (TPSA) is 49.8 Å². The summed E-state index contributed by atoms with van der Waals surface area (Å²) in [4.78, 5) is 14.9. The van der Waals surface area contributed by atoms with Crippen molar-refractivity contribution in [3.05, 3.63) is 28.8 Å². The average Bonchev–Trinajstić information content (AvgIpc) is 2.97. The molecule has 1 unspecified atom stereocenters. The first-order chi connectivity index (χ1) is 11.7. The maximum Gasteiger partial charge on any atom is 0.226 e. The van der Waals surface area contributed by atoms with Crippen LogP contribution in [0.5, 0.6) is 5.75 Å². The van der Waals surface area contributed by atoms with Gasteiger partial charge in [0.2, 0.25) is 5.91 Å². The van der Waals surface area contributed by atoms with E-state index in [9.17, 15) is 4.79 Å². The number of aliphatic hydroxyl groups excluding tert-OH is 1. The van der Waals surface area contributed by atoms with Gasteiger partial charge >= 0.3 is 0 Å². The molecular formula is C19H26ClNO3. The summed E-state index contributed by atoms with van der Waals surface area (Å²) >= 11 is 6.31. The third kappa shape index (κ3) is 4.04. The number of hydrogen-bond donors (Lipinski definition) is 1. The second-order valence-corrected chi connectivity index (χ2v) is 7.25. The minimum atomic E-state index is -0.0184. The standard InChI is InChI=1S/C19H26ClNO3/c20-18-7-6-17(24-11-10-22)13-15(18)12-14-8-9-21(19(14)23)16-4-2-1-3-5-16/h6-7,13-14,16,22H,1-5,8-12H2. The summed E-state index contributed by atoms with van der Waals surface area (Å²) in [6, 6.07) is 5.95. The molecule has 1 atom stereocenters. The van der Waals surface area contributed by atoms with Crippen LogP contribution >= 0.6 is 11.6 Å². The second-order valence-electron chi connectivity index (χ2n) is 6.84. The third-order valence-electron chi connectivity index (χ3n) is 5.21. The molecule has 0 spiro atoms. The number of aliphatic hydroxyl groups is 1. The molecule has 0 radical (unpaired) electrons. The predicted molar refractivity (Wildman–Crippen MR) is 94.4 cm³/mol. The quantitative estimate of drug-likeness (QED) is 0.854. The Labute approximate surface area is 148 Å². The van der Waals surface area contributed by atoms with Gasteiger partial charge in [-0.25, -0.2) is 0 Å². The van der Waals surface area contributed by atoms with E-state index in [1.807, 2.05) is 12.1 Å². The van der Waals surface area contributed by atoms with Gasteiger partial charge in [0, 0.05) is 23.5 Å². The molecule has 3 rings (SSSR count). The molecule has 4 nitrogen and oxygen atoms in total. The van der Waals surface area contributed by atoms with Crippen LogP contribution < -0.4 is 4.74 Å². The first kappa shape index (κ1) is 17.6. The molecule has 1 amide bonds. The Kier molecular flexibility index (Phi) is 6.01. The zero-order chi connectivity index (χ0) is 16.9. The zero-order valence-electron chi connectivity index (χ0n) is 14.0. The summed E-state index contributed by atoms with van der Waals surface area (Å²) in [5, 5.41) is 9.54. The Bertz CT molecular complexity index is 572. The fourth-order valence-corrected chi connectivity index (χ4v) is 4.13. The molecule has 0 bridgehead atoms. The Morgan fingerprint density at radius 1 is 1.21 bits per heavy atom. The van der Waals surface area contributed by atoms with E-state index in [1.54, 1.807) is 6.07 Å². The monoisotopic (exact) mass is 351 g/mol. The highest BCUT2D eigenvalue weighted by Crippen LogP contribution is 2.32. The maximum atomic E-state index is 12.8. The van der Waals surface area contributed by atoms with Crippen molar-refractivity contribution in [3.63, 3.8) is 0 Å². The molecule has 1 saturated carbocycles. The SMILES string of the molecule is O=C1C(Cc2cc(OCCO)ccc2Cl)CCN1C1CCCCC1. The Morgan fingerprint density at radius 3 is 2.75 bits per heavy atom. The van der Waals surface area contributed by atoms with Gasteiger partial charge in [-0.15, -0.1) is 0 Å². The molecule has 24 heavy (non-hydrogen) atoms. The second kappa shape index (κ2) is 8.21. The van der Waals surface area contributed by atoms with Gasteiger partial charge in [-0.3, -0.25) is 4.79 Å². The highest BCUT2D eigenvalue weighted by Gasteiger charge is 2.36. The fourth-order valence-electron chi connectivity index (χ4n) is 3.93. The number of benzene rings is 1. The highest BCUT2D eigenvalue weighted by atomic mass is 35.5. The summed E-state index contributed by atoms with van der Waals surface area (Å²) in [5.41, 5.74) is 0.955. The summed E-state index contributed by atoms with van der Waals surface area (Å²) in [6.45, 7) is 1.13. The molecule has 1 aliphatic heterocycles. The van der Waals surface area contributed by atoms with Crippen LogP contribution in [0, 0.1) is 5.92 Å². The summed E-state index contributed by atoms with van der Waals surface area (Å²) < 4.78 is 5.45. The van der Waals surface area contributed by atoms with E-state index in [4.69, 9.17) is 21.4 Å². The first-order valence-corrected chi connectivity index (χ1v) is 9.39. The molecule has 1 aromatic carbocycles. The molecule has 0 aromatic heterocycles. The smallest absolute Gasteiger partial charge is 0.226 e. The Hall–Kier alpha value is -1.26.